The molecule has 0 bridgehead atoms. The van der Waals surface area contributed by atoms with E-state index in [1.54, 1.807) is 0 Å². The number of hydrogen-bond acceptors (Lipinski definition) is 4. The number of amides is 2. The molecule has 0 fully saturated rings. The molecular formula is C22H29N3O3. The summed E-state index contributed by atoms with van der Waals surface area (Å²) in [5, 5.41) is 5.88. The van der Waals surface area contributed by atoms with Crippen molar-refractivity contribution in [3.8, 4) is 11.5 Å². The van der Waals surface area contributed by atoms with Gasteiger partial charge in [-0.05, 0) is 48.8 Å². The Hall–Kier alpha value is -2.73. The lowest BCUT2D eigenvalue weighted by atomic mass is 10.1. The maximum atomic E-state index is 12.2. The molecule has 2 aromatic carbocycles. The van der Waals surface area contributed by atoms with E-state index in [2.05, 4.69) is 53.6 Å². The zero-order valence-electron chi connectivity index (χ0n) is 16.8. The number of carbonyl (C=O) groups excluding carboxylic acids is 1. The van der Waals surface area contributed by atoms with Crippen molar-refractivity contribution in [3.05, 3.63) is 59.2 Å². The number of carbonyl (C=O) groups is 1. The molecule has 28 heavy (non-hydrogen) atoms. The quantitative estimate of drug-likeness (QED) is 0.727. The Morgan fingerprint density at radius 3 is 2.43 bits per heavy atom. The van der Waals surface area contributed by atoms with Crippen LogP contribution in [0.3, 0.4) is 0 Å². The van der Waals surface area contributed by atoms with Crippen LogP contribution in [0, 0.1) is 0 Å². The molecule has 0 radical (unpaired) electrons. The third-order valence-corrected chi connectivity index (χ3v) is 5.02. The topological polar surface area (TPSA) is 62.8 Å². The first kappa shape index (κ1) is 20.0. The molecule has 0 spiro atoms. The van der Waals surface area contributed by atoms with Gasteiger partial charge in [0.2, 0.25) is 6.79 Å². The average Bonchev–Trinajstić information content (AvgIpc) is 3.19. The molecule has 0 saturated carbocycles. The number of nitrogens with zero attached hydrogens (tertiary/aromatic N) is 1. The van der Waals surface area contributed by atoms with Crippen LogP contribution < -0.4 is 20.1 Å². The van der Waals surface area contributed by atoms with Crippen molar-refractivity contribution in [1.29, 1.82) is 0 Å². The summed E-state index contributed by atoms with van der Waals surface area (Å²) in [7, 11) is 0. The largest absolute Gasteiger partial charge is 0.454 e. The zero-order chi connectivity index (χ0) is 19.9. The SMILES string of the molecule is CCN(CC)Cc1ccc(CNC(=O)N[C@H](C)c2ccc3c(c2)OCO3)cc1. The molecule has 1 heterocycles. The lowest BCUT2D eigenvalue weighted by Gasteiger charge is -2.18. The molecule has 1 aliphatic rings. The van der Waals surface area contributed by atoms with Crippen LogP contribution in [0.15, 0.2) is 42.5 Å². The van der Waals surface area contributed by atoms with Gasteiger partial charge >= 0.3 is 6.03 Å². The number of nitrogens with one attached hydrogen (secondary N) is 2. The molecule has 6 nitrogen and oxygen atoms in total. The van der Waals surface area contributed by atoms with E-state index >= 15 is 0 Å². The maximum Gasteiger partial charge on any atom is 0.315 e. The molecule has 0 unspecified atom stereocenters. The summed E-state index contributed by atoms with van der Waals surface area (Å²) < 4.78 is 10.7. The Morgan fingerprint density at radius 1 is 1.04 bits per heavy atom. The average molecular weight is 383 g/mol. The Kier molecular flexibility index (Phi) is 6.76. The van der Waals surface area contributed by atoms with Gasteiger partial charge in [-0.3, -0.25) is 4.90 Å². The van der Waals surface area contributed by atoms with Crippen LogP contribution in [-0.2, 0) is 13.1 Å². The van der Waals surface area contributed by atoms with E-state index in [1.165, 1.54) is 5.56 Å². The van der Waals surface area contributed by atoms with Crippen molar-refractivity contribution in [2.75, 3.05) is 19.9 Å². The van der Waals surface area contributed by atoms with Crippen LogP contribution in [0.5, 0.6) is 11.5 Å². The molecule has 0 aliphatic carbocycles. The second-order valence-electron chi connectivity index (χ2n) is 6.94. The standard InChI is InChI=1S/C22H29N3O3/c1-4-25(5-2)14-18-8-6-17(7-9-18)13-23-22(26)24-16(3)19-10-11-20-21(12-19)28-15-27-20/h6-12,16H,4-5,13-15H2,1-3H3,(H2,23,24,26)/t16-/m1/s1. The van der Waals surface area contributed by atoms with Crippen molar-refractivity contribution in [3.63, 3.8) is 0 Å². The lowest BCUT2D eigenvalue weighted by molar-refractivity contribution is 0.174. The highest BCUT2D eigenvalue weighted by Crippen LogP contribution is 2.34. The van der Waals surface area contributed by atoms with Crippen molar-refractivity contribution in [1.82, 2.24) is 15.5 Å². The van der Waals surface area contributed by atoms with E-state index in [4.69, 9.17) is 9.47 Å². The molecule has 6 heteroatoms. The predicted molar refractivity (Wildman–Crippen MR) is 109 cm³/mol. The first-order valence-electron chi connectivity index (χ1n) is 9.83. The Morgan fingerprint density at radius 2 is 1.71 bits per heavy atom. The summed E-state index contributed by atoms with van der Waals surface area (Å²) in [6.45, 7) is 10.1. The smallest absolute Gasteiger partial charge is 0.315 e. The molecule has 2 N–H and O–H groups in total. The minimum absolute atomic E-state index is 0.133. The van der Waals surface area contributed by atoms with E-state index in [0.717, 1.165) is 42.3 Å². The molecule has 0 aromatic heterocycles. The Balaban J connectivity index is 1.47. The van der Waals surface area contributed by atoms with E-state index in [1.807, 2.05) is 25.1 Å². The predicted octanol–water partition coefficient (Wildman–Crippen LogP) is 3.82. The van der Waals surface area contributed by atoms with Crippen molar-refractivity contribution in [2.24, 2.45) is 0 Å². The van der Waals surface area contributed by atoms with Crippen LogP contribution >= 0.6 is 0 Å². The Bertz CT molecular complexity index is 788. The maximum absolute atomic E-state index is 12.2. The highest BCUT2D eigenvalue weighted by molar-refractivity contribution is 5.74. The highest BCUT2D eigenvalue weighted by Gasteiger charge is 2.16. The van der Waals surface area contributed by atoms with Gasteiger partial charge in [-0.2, -0.15) is 0 Å². The van der Waals surface area contributed by atoms with Gasteiger partial charge in [0.15, 0.2) is 11.5 Å². The van der Waals surface area contributed by atoms with Crippen LogP contribution in [0.4, 0.5) is 4.79 Å². The van der Waals surface area contributed by atoms with Crippen molar-refractivity contribution >= 4 is 6.03 Å². The normalized spacial score (nSPS) is 13.4. The Labute approximate surface area is 166 Å². The minimum Gasteiger partial charge on any atom is -0.454 e. The monoisotopic (exact) mass is 383 g/mol. The van der Waals surface area contributed by atoms with E-state index < -0.39 is 0 Å². The third kappa shape index (κ3) is 5.16. The van der Waals surface area contributed by atoms with Gasteiger partial charge in [0.1, 0.15) is 0 Å². The molecule has 1 atom stereocenters. The van der Waals surface area contributed by atoms with E-state index in [0.29, 0.717) is 6.54 Å². The van der Waals surface area contributed by atoms with Crippen LogP contribution in [0.25, 0.3) is 0 Å². The second-order valence-corrected chi connectivity index (χ2v) is 6.94. The van der Waals surface area contributed by atoms with Gasteiger partial charge in [-0.25, -0.2) is 4.79 Å². The van der Waals surface area contributed by atoms with Gasteiger partial charge in [0.25, 0.3) is 0 Å². The van der Waals surface area contributed by atoms with Gasteiger partial charge in [-0.1, -0.05) is 44.2 Å². The summed E-state index contributed by atoms with van der Waals surface area (Å²) >= 11 is 0. The fourth-order valence-corrected chi connectivity index (χ4v) is 3.16. The summed E-state index contributed by atoms with van der Waals surface area (Å²) in [5.74, 6) is 1.46. The minimum atomic E-state index is -0.197. The molecule has 0 saturated heterocycles. The summed E-state index contributed by atoms with van der Waals surface area (Å²) in [4.78, 5) is 14.6. The summed E-state index contributed by atoms with van der Waals surface area (Å²) in [6.07, 6.45) is 0. The molecule has 150 valence electrons. The number of urea groups is 1. The molecule has 2 aromatic rings. The summed E-state index contributed by atoms with van der Waals surface area (Å²) in [6, 6.07) is 13.8. The lowest BCUT2D eigenvalue weighted by Crippen LogP contribution is -2.36. The third-order valence-electron chi connectivity index (χ3n) is 5.02. The zero-order valence-corrected chi connectivity index (χ0v) is 16.8. The van der Waals surface area contributed by atoms with Crippen LogP contribution in [0.2, 0.25) is 0 Å². The van der Waals surface area contributed by atoms with Gasteiger partial charge < -0.3 is 20.1 Å². The van der Waals surface area contributed by atoms with Gasteiger partial charge in [-0.15, -0.1) is 0 Å². The number of ether oxygens (including phenoxy) is 2. The number of hydrogen-bond donors (Lipinski definition) is 2. The first-order chi connectivity index (χ1) is 13.6. The molecule has 1 aliphatic heterocycles. The fraction of sp³-hybridized carbons (Fsp3) is 0.409. The summed E-state index contributed by atoms with van der Waals surface area (Å²) in [5.41, 5.74) is 3.34. The first-order valence-corrected chi connectivity index (χ1v) is 9.83. The van der Waals surface area contributed by atoms with Crippen LogP contribution in [-0.4, -0.2) is 30.8 Å². The van der Waals surface area contributed by atoms with Gasteiger partial charge in [0.05, 0.1) is 6.04 Å². The second kappa shape index (κ2) is 9.46. The molecule has 2 amide bonds. The fourth-order valence-electron chi connectivity index (χ4n) is 3.16. The molecule has 3 rings (SSSR count). The number of rotatable bonds is 8. The molecular weight excluding hydrogens is 354 g/mol. The number of fused-ring (bicyclic) bond motifs is 1. The van der Waals surface area contributed by atoms with E-state index in [9.17, 15) is 4.79 Å². The van der Waals surface area contributed by atoms with Crippen molar-refractivity contribution in [2.45, 2.75) is 39.9 Å². The van der Waals surface area contributed by atoms with Crippen LogP contribution in [0.1, 0.15) is 43.5 Å². The van der Waals surface area contributed by atoms with Crippen molar-refractivity contribution < 1.29 is 14.3 Å². The van der Waals surface area contributed by atoms with Gasteiger partial charge in [0, 0.05) is 13.1 Å². The number of benzene rings is 2. The van der Waals surface area contributed by atoms with E-state index in [-0.39, 0.29) is 18.9 Å². The highest BCUT2D eigenvalue weighted by atomic mass is 16.7.